The molecule has 0 N–H and O–H groups in total. The van der Waals surface area contributed by atoms with E-state index in [0.717, 1.165) is 32.0 Å². The number of rotatable bonds is 4. The molecule has 2 aromatic heterocycles. The van der Waals surface area contributed by atoms with Gasteiger partial charge in [-0.1, -0.05) is 73.1 Å². The Hall–Kier alpha value is -3.80. The van der Waals surface area contributed by atoms with E-state index in [1.54, 1.807) is 12.1 Å². The third kappa shape index (κ3) is 3.73. The van der Waals surface area contributed by atoms with Gasteiger partial charge in [-0.2, -0.15) is 0 Å². The highest BCUT2D eigenvalue weighted by molar-refractivity contribution is 7.21. The minimum absolute atomic E-state index is 0.0856. The van der Waals surface area contributed by atoms with E-state index < -0.39 is 0 Å². The molecule has 4 nitrogen and oxygen atoms in total. The molecule has 1 aliphatic carbocycles. The molecule has 5 aromatic rings. The van der Waals surface area contributed by atoms with Crippen LogP contribution in [0.1, 0.15) is 39.0 Å². The SMILES string of the molecule is CCc1cc2c(cc1Cl)C(=O)/C(=C/c1cc3sc(-c4ccc(-c5ccccc5)cc4)nc3o1)C2=O. The second-order valence-corrected chi connectivity index (χ2v) is 9.78. The fraction of sp³-hybridized carbons (Fsp3) is 0.0690. The van der Waals surface area contributed by atoms with Crippen molar-refractivity contribution in [3.63, 3.8) is 0 Å². The summed E-state index contributed by atoms with van der Waals surface area (Å²) in [5, 5.41) is 1.35. The number of thiazole rings is 1. The first-order valence-electron chi connectivity index (χ1n) is 11.2. The molecule has 6 rings (SSSR count). The van der Waals surface area contributed by atoms with Gasteiger partial charge in [0.05, 0.1) is 10.3 Å². The summed E-state index contributed by atoms with van der Waals surface area (Å²) in [6, 6.07) is 23.6. The van der Waals surface area contributed by atoms with Crippen molar-refractivity contribution in [1.82, 2.24) is 4.98 Å². The number of aromatic nitrogens is 1. The summed E-state index contributed by atoms with van der Waals surface area (Å²) in [5.41, 5.74) is 5.46. The number of benzene rings is 3. The lowest BCUT2D eigenvalue weighted by molar-refractivity contribution is 0.0990. The fourth-order valence-electron chi connectivity index (χ4n) is 4.31. The summed E-state index contributed by atoms with van der Waals surface area (Å²) in [7, 11) is 0. The van der Waals surface area contributed by atoms with E-state index >= 15 is 0 Å². The largest absolute Gasteiger partial charge is 0.437 e. The Kier molecular flexibility index (Phi) is 5.24. The number of halogens is 1. The van der Waals surface area contributed by atoms with Crippen LogP contribution in [0.5, 0.6) is 0 Å². The van der Waals surface area contributed by atoms with Gasteiger partial charge < -0.3 is 4.42 Å². The molecule has 0 amide bonds. The number of furan rings is 1. The van der Waals surface area contributed by atoms with Crippen LogP contribution in [0, 0.1) is 0 Å². The first-order chi connectivity index (χ1) is 17.0. The van der Waals surface area contributed by atoms with Crippen molar-refractivity contribution in [3.05, 3.63) is 106 Å². The van der Waals surface area contributed by atoms with Gasteiger partial charge in [0.1, 0.15) is 10.8 Å². The molecule has 0 unspecified atom stereocenters. The predicted molar refractivity (Wildman–Crippen MR) is 140 cm³/mol. The van der Waals surface area contributed by atoms with Crippen LogP contribution in [-0.2, 0) is 6.42 Å². The van der Waals surface area contributed by atoms with Crippen LogP contribution in [-0.4, -0.2) is 16.6 Å². The molecule has 0 aliphatic heterocycles. The van der Waals surface area contributed by atoms with Gasteiger partial charge in [-0.05, 0) is 41.3 Å². The Morgan fingerprint density at radius 1 is 0.886 bits per heavy atom. The third-order valence-electron chi connectivity index (χ3n) is 6.18. The van der Waals surface area contributed by atoms with Gasteiger partial charge in [0.25, 0.3) is 0 Å². The number of carbonyl (C=O) groups excluding carboxylic acids is 2. The molecule has 170 valence electrons. The van der Waals surface area contributed by atoms with E-state index in [4.69, 9.17) is 16.0 Å². The summed E-state index contributed by atoms with van der Waals surface area (Å²) in [6.07, 6.45) is 2.19. The first kappa shape index (κ1) is 21.7. The Morgan fingerprint density at radius 3 is 2.23 bits per heavy atom. The monoisotopic (exact) mass is 495 g/mol. The van der Waals surface area contributed by atoms with E-state index in [0.29, 0.717) is 34.0 Å². The van der Waals surface area contributed by atoms with Crippen LogP contribution < -0.4 is 0 Å². The quantitative estimate of drug-likeness (QED) is 0.188. The third-order valence-corrected chi connectivity index (χ3v) is 7.56. The number of ketones is 2. The standard InChI is InChI=1S/C29H18ClNO3S/c1-2-16-12-21-22(15-24(16)30)27(33)23(26(21)32)13-20-14-25-28(34-20)31-29(35-25)19-10-8-18(9-11-19)17-6-4-3-5-7-17/h3-15H,2H2,1H3/b23-13+. The number of hydrogen-bond donors (Lipinski definition) is 0. The van der Waals surface area contributed by atoms with Gasteiger partial charge in [-0.25, -0.2) is 4.98 Å². The van der Waals surface area contributed by atoms with Gasteiger partial charge >= 0.3 is 0 Å². The number of fused-ring (bicyclic) bond motifs is 2. The molecule has 0 saturated carbocycles. The number of hydrogen-bond acceptors (Lipinski definition) is 5. The molecular weight excluding hydrogens is 478 g/mol. The highest BCUT2D eigenvalue weighted by atomic mass is 35.5. The number of allylic oxidation sites excluding steroid dienone is 1. The summed E-state index contributed by atoms with van der Waals surface area (Å²) >= 11 is 7.77. The molecule has 3 aromatic carbocycles. The summed E-state index contributed by atoms with van der Waals surface area (Å²) in [4.78, 5) is 30.4. The summed E-state index contributed by atoms with van der Waals surface area (Å²) < 4.78 is 6.73. The number of carbonyl (C=O) groups is 2. The van der Waals surface area contributed by atoms with Crippen molar-refractivity contribution in [2.24, 2.45) is 0 Å². The molecule has 0 radical (unpaired) electrons. The van der Waals surface area contributed by atoms with Crippen molar-refractivity contribution in [3.8, 4) is 21.7 Å². The van der Waals surface area contributed by atoms with Crippen molar-refractivity contribution < 1.29 is 14.0 Å². The van der Waals surface area contributed by atoms with Crippen LogP contribution in [0.2, 0.25) is 5.02 Å². The lowest BCUT2D eigenvalue weighted by Gasteiger charge is -2.03. The highest BCUT2D eigenvalue weighted by Gasteiger charge is 2.34. The molecule has 35 heavy (non-hydrogen) atoms. The van der Waals surface area contributed by atoms with Crippen molar-refractivity contribution in [2.45, 2.75) is 13.3 Å². The Balaban J connectivity index is 1.29. The molecule has 2 heterocycles. The Labute approximate surface area is 210 Å². The highest BCUT2D eigenvalue weighted by Crippen LogP contribution is 2.36. The van der Waals surface area contributed by atoms with E-state index in [-0.39, 0.29) is 17.1 Å². The molecule has 0 bridgehead atoms. The number of aryl methyl sites for hydroxylation is 1. The molecule has 0 atom stereocenters. The van der Waals surface area contributed by atoms with Crippen LogP contribution in [0.15, 0.2) is 82.8 Å². The zero-order valence-electron chi connectivity index (χ0n) is 18.7. The van der Waals surface area contributed by atoms with Gasteiger partial charge in [0.2, 0.25) is 5.71 Å². The van der Waals surface area contributed by atoms with E-state index in [2.05, 4.69) is 29.2 Å². The predicted octanol–water partition coefficient (Wildman–Crippen LogP) is 7.90. The molecule has 6 heteroatoms. The van der Waals surface area contributed by atoms with E-state index in [9.17, 15) is 9.59 Å². The minimum Gasteiger partial charge on any atom is -0.437 e. The van der Waals surface area contributed by atoms with E-state index in [1.807, 2.05) is 43.3 Å². The van der Waals surface area contributed by atoms with Gasteiger partial charge in [-0.15, -0.1) is 11.3 Å². The molecule has 0 spiro atoms. The number of nitrogens with zero attached hydrogens (tertiary/aromatic N) is 1. The van der Waals surface area contributed by atoms with Crippen LogP contribution in [0.3, 0.4) is 0 Å². The Bertz CT molecular complexity index is 1630. The number of Topliss-reactive ketones (excluding diaryl/α,β-unsaturated/α-hetero) is 2. The van der Waals surface area contributed by atoms with Crippen molar-refractivity contribution in [2.75, 3.05) is 0 Å². The van der Waals surface area contributed by atoms with Crippen LogP contribution in [0.25, 0.3) is 38.2 Å². The lowest BCUT2D eigenvalue weighted by atomic mass is 10.0. The maximum absolute atomic E-state index is 12.9. The maximum Gasteiger partial charge on any atom is 0.238 e. The van der Waals surface area contributed by atoms with Gasteiger partial charge in [-0.3, -0.25) is 9.59 Å². The topological polar surface area (TPSA) is 60.2 Å². The molecule has 0 fully saturated rings. The second kappa shape index (κ2) is 8.45. The van der Waals surface area contributed by atoms with Gasteiger partial charge in [0, 0.05) is 27.8 Å². The summed E-state index contributed by atoms with van der Waals surface area (Å²) in [5.74, 6) is -0.208. The lowest BCUT2D eigenvalue weighted by Crippen LogP contribution is -1.99. The zero-order chi connectivity index (χ0) is 24.1. The van der Waals surface area contributed by atoms with Crippen LogP contribution in [0.4, 0.5) is 0 Å². The minimum atomic E-state index is -0.332. The second-order valence-electron chi connectivity index (χ2n) is 8.34. The molecular formula is C29H18ClNO3S. The van der Waals surface area contributed by atoms with E-state index in [1.165, 1.54) is 17.4 Å². The smallest absolute Gasteiger partial charge is 0.238 e. The average molecular weight is 496 g/mol. The molecule has 1 aliphatic rings. The molecule has 0 saturated heterocycles. The van der Waals surface area contributed by atoms with Crippen molar-refractivity contribution in [1.29, 1.82) is 0 Å². The van der Waals surface area contributed by atoms with Crippen LogP contribution >= 0.6 is 22.9 Å². The average Bonchev–Trinajstić information content (AvgIpc) is 3.51. The normalized spacial score (nSPS) is 14.3. The summed E-state index contributed by atoms with van der Waals surface area (Å²) in [6.45, 7) is 1.96. The van der Waals surface area contributed by atoms with Gasteiger partial charge in [0.15, 0.2) is 11.6 Å². The zero-order valence-corrected chi connectivity index (χ0v) is 20.2. The van der Waals surface area contributed by atoms with Crippen molar-refractivity contribution >= 4 is 51.0 Å². The maximum atomic E-state index is 12.9. The first-order valence-corrected chi connectivity index (χ1v) is 12.4. The Morgan fingerprint density at radius 2 is 1.54 bits per heavy atom. The fourth-order valence-corrected chi connectivity index (χ4v) is 5.55.